The summed E-state index contributed by atoms with van der Waals surface area (Å²) >= 11 is 0. The Hall–Kier alpha value is -1.29. The van der Waals surface area contributed by atoms with Crippen molar-refractivity contribution in [1.29, 1.82) is 0 Å². The topological polar surface area (TPSA) is 43.4 Å². The highest BCUT2D eigenvalue weighted by atomic mass is 16.5. The number of hydrogen-bond acceptors (Lipinski definition) is 4. The number of nitrogens with one attached hydrogen (secondary N) is 1. The van der Waals surface area contributed by atoms with E-state index in [1.54, 1.807) is 6.20 Å². The first-order valence-electron chi connectivity index (χ1n) is 6.29. The van der Waals surface area contributed by atoms with E-state index in [1.165, 1.54) is 0 Å². The van der Waals surface area contributed by atoms with E-state index < -0.39 is 0 Å². The Kier molecular flexibility index (Phi) is 4.62. The zero-order valence-corrected chi connectivity index (χ0v) is 10.3. The van der Waals surface area contributed by atoms with Crippen LogP contribution in [0.3, 0.4) is 0 Å². The van der Waals surface area contributed by atoms with E-state index in [0.717, 1.165) is 38.3 Å². The Morgan fingerprint density at radius 3 is 3.06 bits per heavy atom. The van der Waals surface area contributed by atoms with E-state index in [1.807, 2.05) is 19.1 Å². The van der Waals surface area contributed by atoms with Crippen LogP contribution in [-0.2, 0) is 4.74 Å². The fraction of sp³-hybridized carbons (Fsp3) is 0.615. The van der Waals surface area contributed by atoms with E-state index in [0.29, 0.717) is 18.4 Å². The molecule has 0 spiro atoms. The molecule has 0 saturated carbocycles. The van der Waals surface area contributed by atoms with Crippen molar-refractivity contribution in [3.05, 3.63) is 18.3 Å². The minimum atomic E-state index is 0.642. The van der Waals surface area contributed by atoms with Gasteiger partial charge in [-0.3, -0.25) is 0 Å². The van der Waals surface area contributed by atoms with Gasteiger partial charge in [-0.15, -0.1) is 0 Å². The SMILES string of the molecule is CCOc1ncccc1NCC1CCOCC1. The van der Waals surface area contributed by atoms with Crippen LogP contribution in [0.4, 0.5) is 5.69 Å². The average molecular weight is 236 g/mol. The standard InChI is InChI=1S/C13H20N2O2/c1-2-17-13-12(4-3-7-14-13)15-10-11-5-8-16-9-6-11/h3-4,7,11,15H,2,5-6,8-10H2,1H3. The molecule has 1 aromatic rings. The maximum Gasteiger partial charge on any atom is 0.237 e. The van der Waals surface area contributed by atoms with E-state index in [-0.39, 0.29) is 0 Å². The molecule has 1 fully saturated rings. The van der Waals surface area contributed by atoms with E-state index in [4.69, 9.17) is 9.47 Å². The minimum absolute atomic E-state index is 0.642. The highest BCUT2D eigenvalue weighted by Gasteiger charge is 2.14. The van der Waals surface area contributed by atoms with Gasteiger partial charge in [0.25, 0.3) is 0 Å². The normalized spacial score (nSPS) is 16.8. The zero-order chi connectivity index (χ0) is 11.9. The Morgan fingerprint density at radius 2 is 2.29 bits per heavy atom. The van der Waals surface area contributed by atoms with Crippen molar-refractivity contribution >= 4 is 5.69 Å². The molecule has 1 aliphatic rings. The van der Waals surface area contributed by atoms with Crippen molar-refractivity contribution in [3.8, 4) is 5.88 Å². The van der Waals surface area contributed by atoms with Crippen molar-refractivity contribution in [2.24, 2.45) is 5.92 Å². The van der Waals surface area contributed by atoms with Crippen LogP contribution in [0.1, 0.15) is 19.8 Å². The Labute approximate surface area is 102 Å². The van der Waals surface area contributed by atoms with Gasteiger partial charge in [0.2, 0.25) is 5.88 Å². The quantitative estimate of drug-likeness (QED) is 0.852. The molecular weight excluding hydrogens is 216 g/mol. The molecule has 0 radical (unpaired) electrons. The lowest BCUT2D eigenvalue weighted by Gasteiger charge is -2.23. The van der Waals surface area contributed by atoms with Crippen molar-refractivity contribution in [3.63, 3.8) is 0 Å². The van der Waals surface area contributed by atoms with Crippen LogP contribution >= 0.6 is 0 Å². The highest BCUT2D eigenvalue weighted by molar-refractivity contribution is 5.51. The number of anilines is 1. The zero-order valence-electron chi connectivity index (χ0n) is 10.3. The molecule has 0 aromatic carbocycles. The molecule has 4 heteroatoms. The van der Waals surface area contributed by atoms with Crippen LogP contribution in [0, 0.1) is 5.92 Å². The molecule has 4 nitrogen and oxygen atoms in total. The summed E-state index contributed by atoms with van der Waals surface area (Å²) in [4.78, 5) is 4.22. The third-order valence-electron chi connectivity index (χ3n) is 2.97. The largest absolute Gasteiger partial charge is 0.476 e. The lowest BCUT2D eigenvalue weighted by Crippen LogP contribution is -2.22. The molecule has 0 aliphatic carbocycles. The molecule has 2 heterocycles. The van der Waals surface area contributed by atoms with Crippen molar-refractivity contribution in [2.45, 2.75) is 19.8 Å². The Bertz CT molecular complexity index is 338. The van der Waals surface area contributed by atoms with E-state index >= 15 is 0 Å². The first-order chi connectivity index (χ1) is 8.40. The average Bonchev–Trinajstić information content (AvgIpc) is 2.39. The molecule has 0 bridgehead atoms. The van der Waals surface area contributed by atoms with Gasteiger partial charge in [-0.25, -0.2) is 4.98 Å². The Morgan fingerprint density at radius 1 is 1.47 bits per heavy atom. The number of hydrogen-bond donors (Lipinski definition) is 1. The lowest BCUT2D eigenvalue weighted by molar-refractivity contribution is 0.0699. The van der Waals surface area contributed by atoms with Gasteiger partial charge in [0, 0.05) is 26.0 Å². The molecule has 1 saturated heterocycles. The maximum atomic E-state index is 5.48. The van der Waals surface area contributed by atoms with Gasteiger partial charge < -0.3 is 14.8 Å². The van der Waals surface area contributed by atoms with Gasteiger partial charge in [-0.05, 0) is 37.8 Å². The first-order valence-corrected chi connectivity index (χ1v) is 6.29. The molecule has 17 heavy (non-hydrogen) atoms. The summed E-state index contributed by atoms with van der Waals surface area (Å²) in [6.45, 7) is 5.35. The summed E-state index contributed by atoms with van der Waals surface area (Å²) in [5.74, 6) is 1.39. The molecular formula is C13H20N2O2. The summed E-state index contributed by atoms with van der Waals surface area (Å²) in [6, 6.07) is 3.94. The van der Waals surface area contributed by atoms with Crippen LogP contribution in [0.2, 0.25) is 0 Å². The molecule has 1 aromatic heterocycles. The van der Waals surface area contributed by atoms with Crippen molar-refractivity contribution in [2.75, 3.05) is 31.7 Å². The smallest absolute Gasteiger partial charge is 0.237 e. The molecule has 0 amide bonds. The predicted octanol–water partition coefficient (Wildman–Crippen LogP) is 2.32. The summed E-state index contributed by atoms with van der Waals surface area (Å²) < 4.78 is 10.8. The second-order valence-electron chi connectivity index (χ2n) is 4.23. The lowest BCUT2D eigenvalue weighted by atomic mass is 10.0. The molecule has 2 rings (SSSR count). The summed E-state index contributed by atoms with van der Waals surface area (Å²) in [6.07, 6.45) is 4.03. The van der Waals surface area contributed by atoms with Crippen LogP contribution in [0.15, 0.2) is 18.3 Å². The maximum absolute atomic E-state index is 5.48. The number of rotatable bonds is 5. The fourth-order valence-electron chi connectivity index (χ4n) is 1.98. The van der Waals surface area contributed by atoms with Crippen molar-refractivity contribution < 1.29 is 9.47 Å². The van der Waals surface area contributed by atoms with Crippen LogP contribution in [-0.4, -0.2) is 31.3 Å². The third kappa shape index (κ3) is 3.60. The molecule has 0 atom stereocenters. The van der Waals surface area contributed by atoms with Gasteiger partial charge in [-0.1, -0.05) is 0 Å². The van der Waals surface area contributed by atoms with Crippen LogP contribution in [0.25, 0.3) is 0 Å². The number of ether oxygens (including phenoxy) is 2. The van der Waals surface area contributed by atoms with Gasteiger partial charge in [-0.2, -0.15) is 0 Å². The minimum Gasteiger partial charge on any atom is -0.476 e. The van der Waals surface area contributed by atoms with Crippen LogP contribution < -0.4 is 10.1 Å². The third-order valence-corrected chi connectivity index (χ3v) is 2.97. The van der Waals surface area contributed by atoms with Gasteiger partial charge in [0.05, 0.1) is 12.3 Å². The van der Waals surface area contributed by atoms with Gasteiger partial charge >= 0.3 is 0 Å². The number of pyridine rings is 1. The second-order valence-corrected chi connectivity index (χ2v) is 4.23. The van der Waals surface area contributed by atoms with Crippen LogP contribution in [0.5, 0.6) is 5.88 Å². The molecule has 0 unspecified atom stereocenters. The molecule has 1 aliphatic heterocycles. The predicted molar refractivity (Wildman–Crippen MR) is 67.4 cm³/mol. The van der Waals surface area contributed by atoms with Crippen molar-refractivity contribution in [1.82, 2.24) is 4.98 Å². The monoisotopic (exact) mass is 236 g/mol. The summed E-state index contributed by atoms with van der Waals surface area (Å²) in [5, 5.41) is 3.42. The van der Waals surface area contributed by atoms with E-state index in [2.05, 4.69) is 10.3 Å². The second kappa shape index (κ2) is 6.45. The highest BCUT2D eigenvalue weighted by Crippen LogP contribution is 2.22. The first kappa shape index (κ1) is 12.2. The Balaban J connectivity index is 1.88. The summed E-state index contributed by atoms with van der Waals surface area (Å²) in [7, 11) is 0. The fourth-order valence-corrected chi connectivity index (χ4v) is 1.98. The number of aromatic nitrogens is 1. The summed E-state index contributed by atoms with van der Waals surface area (Å²) in [5.41, 5.74) is 0.987. The van der Waals surface area contributed by atoms with Gasteiger partial charge in [0.15, 0.2) is 0 Å². The van der Waals surface area contributed by atoms with E-state index in [9.17, 15) is 0 Å². The molecule has 94 valence electrons. The van der Waals surface area contributed by atoms with Gasteiger partial charge in [0.1, 0.15) is 0 Å². The molecule has 1 N–H and O–H groups in total. The number of nitrogens with zero attached hydrogens (tertiary/aromatic N) is 1.